The van der Waals surface area contributed by atoms with E-state index in [1.807, 2.05) is 11.6 Å². The molecule has 2 atom stereocenters. The molecule has 1 aromatic rings. The summed E-state index contributed by atoms with van der Waals surface area (Å²) in [7, 11) is 1.42. The first kappa shape index (κ1) is 15.0. The lowest BCUT2D eigenvalue weighted by Crippen LogP contribution is -2.41. The fraction of sp³-hybridized carbons (Fsp3) is 0.786. The van der Waals surface area contributed by atoms with Crippen molar-refractivity contribution in [1.29, 1.82) is 0 Å². The van der Waals surface area contributed by atoms with Gasteiger partial charge in [-0.25, -0.2) is 9.67 Å². The summed E-state index contributed by atoms with van der Waals surface area (Å²) in [6.45, 7) is 7.06. The summed E-state index contributed by atoms with van der Waals surface area (Å²) in [5.74, 6) is 1.92. The zero-order chi connectivity index (χ0) is 14.7. The Kier molecular flexibility index (Phi) is 4.75. The minimum absolute atomic E-state index is 0.0767. The van der Waals surface area contributed by atoms with Gasteiger partial charge in [0, 0.05) is 12.5 Å². The number of ether oxygens (including phenoxy) is 1. The van der Waals surface area contributed by atoms with Crippen LogP contribution in [-0.4, -0.2) is 33.9 Å². The van der Waals surface area contributed by atoms with Crippen LogP contribution in [0.25, 0.3) is 0 Å². The van der Waals surface area contributed by atoms with Gasteiger partial charge in [-0.1, -0.05) is 20.8 Å². The van der Waals surface area contributed by atoms with Crippen LogP contribution < -0.4 is 5.32 Å². The smallest absolute Gasteiger partial charge is 0.322 e. The first-order valence-corrected chi connectivity index (χ1v) is 7.35. The van der Waals surface area contributed by atoms with E-state index < -0.39 is 0 Å². The molecule has 0 aromatic carbocycles. The third kappa shape index (κ3) is 3.00. The van der Waals surface area contributed by atoms with Gasteiger partial charge in [-0.05, 0) is 19.3 Å². The highest BCUT2D eigenvalue weighted by Crippen LogP contribution is 2.25. The fourth-order valence-electron chi connectivity index (χ4n) is 2.51. The Hall–Kier alpha value is -1.43. The van der Waals surface area contributed by atoms with Gasteiger partial charge in [0.2, 0.25) is 0 Å². The minimum Gasteiger partial charge on any atom is -0.468 e. The Morgan fingerprint density at radius 3 is 2.90 bits per heavy atom. The fourth-order valence-corrected chi connectivity index (χ4v) is 2.51. The van der Waals surface area contributed by atoms with Crippen molar-refractivity contribution in [2.75, 3.05) is 7.11 Å². The first-order valence-electron chi connectivity index (χ1n) is 7.35. The number of hydrogen-bond acceptors (Lipinski definition) is 5. The number of fused-ring (bicyclic) bond motifs is 1. The lowest BCUT2D eigenvalue weighted by atomic mass is 10.1. The number of methoxy groups -OCH3 is 1. The number of nitrogens with one attached hydrogen (secondary N) is 1. The molecule has 1 aromatic heterocycles. The van der Waals surface area contributed by atoms with Gasteiger partial charge in [-0.2, -0.15) is 5.10 Å². The van der Waals surface area contributed by atoms with E-state index in [1.165, 1.54) is 7.11 Å². The molecule has 6 heteroatoms. The number of hydrogen-bond donors (Lipinski definition) is 1. The summed E-state index contributed by atoms with van der Waals surface area (Å²) in [4.78, 5) is 16.4. The van der Waals surface area contributed by atoms with Crippen LogP contribution in [0.3, 0.4) is 0 Å². The van der Waals surface area contributed by atoms with Gasteiger partial charge in [0.25, 0.3) is 0 Å². The van der Waals surface area contributed by atoms with Crippen molar-refractivity contribution in [2.45, 2.75) is 64.6 Å². The maximum absolute atomic E-state index is 11.7. The average molecular weight is 280 g/mol. The molecular formula is C14H24N4O2. The van der Waals surface area contributed by atoms with E-state index in [1.54, 1.807) is 0 Å². The van der Waals surface area contributed by atoms with Crippen LogP contribution in [0.4, 0.5) is 0 Å². The minimum atomic E-state index is -0.282. The molecular weight excluding hydrogens is 256 g/mol. The van der Waals surface area contributed by atoms with E-state index >= 15 is 0 Å². The highest BCUT2D eigenvalue weighted by Gasteiger charge is 2.29. The van der Waals surface area contributed by atoms with Crippen molar-refractivity contribution in [3.63, 3.8) is 0 Å². The molecule has 20 heavy (non-hydrogen) atoms. The van der Waals surface area contributed by atoms with Gasteiger partial charge < -0.3 is 4.74 Å². The van der Waals surface area contributed by atoms with Crippen LogP contribution in [0.2, 0.25) is 0 Å². The predicted octanol–water partition coefficient (Wildman–Crippen LogP) is 1.78. The van der Waals surface area contributed by atoms with Crippen molar-refractivity contribution >= 4 is 5.97 Å². The van der Waals surface area contributed by atoms with Crippen LogP contribution >= 0.6 is 0 Å². The number of nitrogens with zero attached hydrogens (tertiary/aromatic N) is 3. The molecule has 0 bridgehead atoms. The summed E-state index contributed by atoms with van der Waals surface area (Å²) in [6, 6.07) is -0.205. The first-order chi connectivity index (χ1) is 9.56. The molecule has 1 N–H and O–H groups in total. The Bertz CT molecular complexity index is 470. The van der Waals surface area contributed by atoms with Crippen LogP contribution in [0.15, 0.2) is 0 Å². The molecule has 6 nitrogen and oxygen atoms in total. The number of aryl methyl sites for hydroxylation is 1. The monoisotopic (exact) mass is 280 g/mol. The third-order valence-electron chi connectivity index (χ3n) is 3.70. The molecule has 2 rings (SSSR count). The number of carbonyl (C=O) groups is 1. The van der Waals surface area contributed by atoms with Crippen molar-refractivity contribution in [3.8, 4) is 0 Å². The molecule has 0 fully saturated rings. The van der Waals surface area contributed by atoms with Crippen LogP contribution in [-0.2, 0) is 16.1 Å². The summed E-state index contributed by atoms with van der Waals surface area (Å²) in [6.07, 6.45) is 2.72. The number of carbonyl (C=O) groups excluding carboxylic acids is 1. The maximum atomic E-state index is 11.7. The summed E-state index contributed by atoms with van der Waals surface area (Å²) in [5.41, 5.74) is 0. The highest BCUT2D eigenvalue weighted by molar-refractivity contribution is 5.75. The second kappa shape index (κ2) is 6.35. The zero-order valence-electron chi connectivity index (χ0n) is 12.7. The normalized spacial score (nSPS) is 19.8. The van der Waals surface area contributed by atoms with Gasteiger partial charge in [-0.15, -0.1) is 0 Å². The Morgan fingerprint density at radius 2 is 2.30 bits per heavy atom. The summed E-state index contributed by atoms with van der Waals surface area (Å²) < 4.78 is 6.80. The Morgan fingerprint density at radius 1 is 1.55 bits per heavy atom. The van der Waals surface area contributed by atoms with Crippen molar-refractivity contribution in [2.24, 2.45) is 0 Å². The van der Waals surface area contributed by atoms with E-state index in [0.29, 0.717) is 12.3 Å². The van der Waals surface area contributed by atoms with E-state index in [9.17, 15) is 4.79 Å². The van der Waals surface area contributed by atoms with E-state index in [4.69, 9.17) is 4.74 Å². The van der Waals surface area contributed by atoms with Crippen molar-refractivity contribution < 1.29 is 9.53 Å². The Labute approximate surface area is 119 Å². The third-order valence-corrected chi connectivity index (χ3v) is 3.70. The molecule has 2 heterocycles. The lowest BCUT2D eigenvalue weighted by Gasteiger charge is -2.26. The average Bonchev–Trinajstić information content (AvgIpc) is 2.88. The van der Waals surface area contributed by atoms with Crippen LogP contribution in [0.5, 0.6) is 0 Å². The molecule has 0 spiro atoms. The largest absolute Gasteiger partial charge is 0.468 e. The quantitative estimate of drug-likeness (QED) is 0.833. The van der Waals surface area contributed by atoms with Gasteiger partial charge in [0.15, 0.2) is 5.82 Å². The maximum Gasteiger partial charge on any atom is 0.322 e. The second-order valence-electron chi connectivity index (χ2n) is 5.55. The SMILES string of the molecule is CCC(NC1CCCn2nc(C(C)C)nc21)C(=O)OC. The molecule has 112 valence electrons. The van der Waals surface area contributed by atoms with E-state index in [2.05, 4.69) is 29.2 Å². The molecule has 1 aliphatic rings. The second-order valence-corrected chi connectivity index (χ2v) is 5.55. The molecule has 0 radical (unpaired) electrons. The number of aromatic nitrogens is 3. The van der Waals surface area contributed by atoms with Crippen LogP contribution in [0.1, 0.15) is 63.6 Å². The van der Waals surface area contributed by atoms with E-state index in [0.717, 1.165) is 31.0 Å². The highest BCUT2D eigenvalue weighted by atomic mass is 16.5. The molecule has 0 saturated carbocycles. The van der Waals surface area contributed by atoms with Gasteiger partial charge in [0.05, 0.1) is 13.2 Å². The lowest BCUT2D eigenvalue weighted by molar-refractivity contribution is -0.143. The van der Waals surface area contributed by atoms with E-state index in [-0.39, 0.29) is 18.1 Å². The zero-order valence-corrected chi connectivity index (χ0v) is 12.7. The molecule has 0 amide bonds. The molecule has 0 aliphatic carbocycles. The van der Waals surface area contributed by atoms with Gasteiger partial charge in [0.1, 0.15) is 11.9 Å². The molecule has 0 saturated heterocycles. The van der Waals surface area contributed by atoms with Crippen LogP contribution in [0, 0.1) is 0 Å². The summed E-state index contributed by atoms with van der Waals surface area (Å²) in [5, 5.41) is 7.91. The predicted molar refractivity (Wildman–Crippen MR) is 75.3 cm³/mol. The number of rotatable bonds is 5. The van der Waals surface area contributed by atoms with Crippen molar-refractivity contribution in [3.05, 3.63) is 11.6 Å². The van der Waals surface area contributed by atoms with Gasteiger partial charge in [-0.3, -0.25) is 10.1 Å². The van der Waals surface area contributed by atoms with Gasteiger partial charge >= 0.3 is 5.97 Å². The summed E-state index contributed by atoms with van der Waals surface area (Å²) >= 11 is 0. The Balaban J connectivity index is 2.17. The number of esters is 1. The topological polar surface area (TPSA) is 69.0 Å². The van der Waals surface area contributed by atoms with Crippen molar-refractivity contribution in [1.82, 2.24) is 20.1 Å². The molecule has 1 aliphatic heterocycles. The standard InChI is InChI=1S/C14H24N4O2/c1-5-10(14(19)20-4)15-11-7-6-8-18-13(11)16-12(17-18)9(2)3/h9-11,15H,5-8H2,1-4H3. The molecule has 2 unspecified atom stereocenters.